The second kappa shape index (κ2) is 13.5. The van der Waals surface area contributed by atoms with Gasteiger partial charge in [-0.25, -0.2) is 9.78 Å². The predicted molar refractivity (Wildman–Crippen MR) is 165 cm³/mol. The minimum absolute atomic E-state index is 0.00540. The minimum atomic E-state index is -1.21. The van der Waals surface area contributed by atoms with Gasteiger partial charge in [0.15, 0.2) is 0 Å². The molecule has 5 rings (SSSR count). The lowest BCUT2D eigenvalue weighted by molar-refractivity contribution is -0.385. The first-order valence-electron chi connectivity index (χ1n) is 14.7. The number of carbonyl (C=O) groups excluding carboxylic acids is 2. The topological polar surface area (TPSA) is 152 Å². The molecule has 2 heterocycles. The van der Waals surface area contributed by atoms with Crippen molar-refractivity contribution in [2.45, 2.75) is 63.1 Å². The van der Waals surface area contributed by atoms with Crippen molar-refractivity contribution in [3.63, 3.8) is 0 Å². The minimum Gasteiger partial charge on any atom is -0.468 e. The number of hydrogen-bond acceptors (Lipinski definition) is 10. The van der Waals surface area contributed by atoms with Gasteiger partial charge in [0.05, 0.1) is 36.0 Å². The maximum atomic E-state index is 13.5. The Morgan fingerprint density at radius 3 is 2.60 bits per heavy atom. The molecule has 1 unspecified atom stereocenters. The number of hydrogen-bond donors (Lipinski definition) is 0. The van der Waals surface area contributed by atoms with Crippen molar-refractivity contribution in [3.05, 3.63) is 92.4 Å². The fourth-order valence-electron chi connectivity index (χ4n) is 6.48. The van der Waals surface area contributed by atoms with E-state index < -0.39 is 34.5 Å². The molecule has 12 nitrogen and oxygen atoms in total. The van der Waals surface area contributed by atoms with Crippen LogP contribution in [0.5, 0.6) is 0 Å². The number of aryl methyl sites for hydroxylation is 1. The first kappa shape index (κ1) is 31.7. The summed E-state index contributed by atoms with van der Waals surface area (Å²) in [6.45, 7) is 2.04. The van der Waals surface area contributed by atoms with Gasteiger partial charge >= 0.3 is 17.7 Å². The molecule has 45 heavy (non-hydrogen) atoms. The molecule has 2 aromatic carbocycles. The van der Waals surface area contributed by atoms with Crippen LogP contribution in [-0.2, 0) is 39.1 Å². The number of esters is 1. The molecule has 0 spiro atoms. The number of halogens is 1. The maximum absolute atomic E-state index is 13.5. The van der Waals surface area contributed by atoms with E-state index in [1.54, 1.807) is 11.8 Å². The van der Waals surface area contributed by atoms with Crippen LogP contribution in [0.3, 0.4) is 0 Å². The fraction of sp³-hybridized carbons (Fsp3) is 0.406. The summed E-state index contributed by atoms with van der Waals surface area (Å²) in [7, 11) is 1.30. The number of rotatable bonds is 8. The number of carbonyl (C=O) groups is 2. The van der Waals surface area contributed by atoms with Gasteiger partial charge in [0.2, 0.25) is 11.1 Å². The molecular formula is C32H33ClN6O6. The number of piperazine rings is 1. The average Bonchev–Trinajstić information content (AvgIpc) is 3.04. The third-order valence-electron chi connectivity index (χ3n) is 8.60. The highest BCUT2D eigenvalue weighted by molar-refractivity contribution is 6.28. The molecule has 3 aromatic rings. The van der Waals surface area contributed by atoms with Crippen LogP contribution in [0, 0.1) is 21.4 Å². The van der Waals surface area contributed by atoms with E-state index in [-0.39, 0.29) is 55.0 Å². The molecule has 13 heteroatoms. The van der Waals surface area contributed by atoms with E-state index in [1.807, 2.05) is 54.6 Å². The second-order valence-corrected chi connectivity index (χ2v) is 11.7. The number of aromatic nitrogens is 2. The normalized spacial score (nSPS) is 20.9. The molecule has 0 N–H and O–H groups in total. The summed E-state index contributed by atoms with van der Waals surface area (Å²) < 4.78 is 10.8. The van der Waals surface area contributed by atoms with Crippen LogP contribution in [0.1, 0.15) is 48.6 Å². The Morgan fingerprint density at radius 1 is 1.16 bits per heavy atom. The summed E-state index contributed by atoms with van der Waals surface area (Å²) >= 11 is 6.42. The van der Waals surface area contributed by atoms with Crippen molar-refractivity contribution in [2.24, 2.45) is 0 Å². The molecule has 0 radical (unpaired) electrons. The molecule has 1 aliphatic carbocycles. The molecule has 0 saturated carbocycles. The smallest absolute Gasteiger partial charge is 0.410 e. The highest BCUT2D eigenvalue weighted by Gasteiger charge is 2.48. The molecule has 1 fully saturated rings. The van der Waals surface area contributed by atoms with Crippen LogP contribution in [0.4, 0.5) is 16.3 Å². The lowest BCUT2D eigenvalue weighted by Crippen LogP contribution is -2.59. The van der Waals surface area contributed by atoms with Crippen LogP contribution in [0.2, 0.25) is 5.28 Å². The van der Waals surface area contributed by atoms with E-state index in [9.17, 15) is 25.0 Å². The Labute approximate surface area is 265 Å². The van der Waals surface area contributed by atoms with E-state index >= 15 is 0 Å². The Kier molecular flexibility index (Phi) is 9.48. The van der Waals surface area contributed by atoms with Gasteiger partial charge < -0.3 is 19.3 Å². The van der Waals surface area contributed by atoms with Gasteiger partial charge in [0.25, 0.3) is 0 Å². The number of methoxy groups -OCH3 is 1. The van der Waals surface area contributed by atoms with Crippen LogP contribution in [0.25, 0.3) is 0 Å². The van der Waals surface area contributed by atoms with E-state index in [2.05, 4.69) is 16.0 Å². The Bertz CT molecular complexity index is 1630. The summed E-state index contributed by atoms with van der Waals surface area (Å²) in [4.78, 5) is 50.5. The largest absolute Gasteiger partial charge is 0.468 e. The van der Waals surface area contributed by atoms with Gasteiger partial charge in [-0.3, -0.25) is 14.9 Å². The zero-order chi connectivity index (χ0) is 32.1. The van der Waals surface area contributed by atoms with E-state index in [0.29, 0.717) is 12.8 Å². The number of nitro groups is 1. The van der Waals surface area contributed by atoms with Crippen LogP contribution < -0.4 is 4.90 Å². The number of amides is 1. The summed E-state index contributed by atoms with van der Waals surface area (Å²) in [6, 6.07) is 17.8. The zero-order valence-corrected chi connectivity index (χ0v) is 25.8. The Hall–Kier alpha value is -4.76. The quantitative estimate of drug-likeness (QED) is 0.141. The van der Waals surface area contributed by atoms with E-state index in [0.717, 1.165) is 23.1 Å². The van der Waals surface area contributed by atoms with E-state index in [1.165, 1.54) is 12.0 Å². The molecule has 1 aromatic heterocycles. The van der Waals surface area contributed by atoms with Crippen molar-refractivity contribution in [2.75, 3.05) is 25.1 Å². The Morgan fingerprint density at radius 2 is 1.89 bits per heavy atom. The van der Waals surface area contributed by atoms with Gasteiger partial charge in [0, 0.05) is 25.6 Å². The fourth-order valence-corrected chi connectivity index (χ4v) is 6.66. The van der Waals surface area contributed by atoms with Crippen molar-refractivity contribution in [3.8, 4) is 6.07 Å². The summed E-state index contributed by atoms with van der Waals surface area (Å²) in [5.74, 6) is -0.544. The average molecular weight is 633 g/mol. The zero-order valence-electron chi connectivity index (χ0n) is 25.0. The van der Waals surface area contributed by atoms with E-state index in [4.69, 9.17) is 21.1 Å². The Balaban J connectivity index is 1.49. The van der Waals surface area contributed by atoms with Gasteiger partial charge in [-0.15, -0.1) is 0 Å². The molecule has 1 aliphatic heterocycles. The third kappa shape index (κ3) is 6.40. The standard InChI is InChI=1S/C32H33ClN6O6/c1-21-18-38(31(41)45-20-22-9-4-3-5-10-22)24(14-16-34)19-37(21)28-27(39(42)43)26(35-30(33)36-28)17-32(29(40)44-2)15-8-12-23-11-6-7-13-25(23)32/h3-7,9-11,13,21,24H,8,12,14-15,17-20H2,1-2H3/t21-,24+,32?/m1/s1. The number of anilines is 1. The van der Waals surface area contributed by atoms with Crippen molar-refractivity contribution < 1.29 is 24.0 Å². The molecule has 234 valence electrons. The monoisotopic (exact) mass is 632 g/mol. The number of benzene rings is 2. The van der Waals surface area contributed by atoms with Gasteiger partial charge in [0.1, 0.15) is 12.3 Å². The molecule has 3 atom stereocenters. The summed E-state index contributed by atoms with van der Waals surface area (Å²) in [5, 5.41) is 22.1. The number of ether oxygens (including phenoxy) is 2. The first-order valence-corrected chi connectivity index (χ1v) is 15.0. The third-order valence-corrected chi connectivity index (χ3v) is 8.77. The predicted octanol–water partition coefficient (Wildman–Crippen LogP) is 5.16. The van der Waals surface area contributed by atoms with Crippen molar-refractivity contribution >= 4 is 35.2 Å². The number of nitrogens with zero attached hydrogens (tertiary/aromatic N) is 6. The lowest BCUT2D eigenvalue weighted by Gasteiger charge is -2.44. The lowest BCUT2D eigenvalue weighted by atomic mass is 9.67. The second-order valence-electron chi connectivity index (χ2n) is 11.3. The summed E-state index contributed by atoms with van der Waals surface area (Å²) in [5.41, 5.74) is 0.955. The molecule has 1 saturated heterocycles. The summed E-state index contributed by atoms with van der Waals surface area (Å²) in [6.07, 6.45) is 1.12. The molecule has 2 aliphatic rings. The number of fused-ring (bicyclic) bond motifs is 1. The highest BCUT2D eigenvalue weighted by Crippen LogP contribution is 2.44. The first-order chi connectivity index (χ1) is 21.7. The van der Waals surface area contributed by atoms with Crippen LogP contribution in [0.15, 0.2) is 54.6 Å². The number of nitriles is 1. The molecular weight excluding hydrogens is 600 g/mol. The van der Waals surface area contributed by atoms with Gasteiger partial charge in [-0.05, 0) is 54.5 Å². The SMILES string of the molecule is COC(=O)C1(Cc2nc(Cl)nc(N3C[C@H](CC#N)N(C(=O)OCc4ccccc4)C[C@H]3C)c2[N+](=O)[O-])CCCc2ccccc21. The van der Waals surface area contributed by atoms with Gasteiger partial charge in [-0.2, -0.15) is 10.2 Å². The molecule has 0 bridgehead atoms. The van der Waals surface area contributed by atoms with Crippen LogP contribution in [-0.4, -0.2) is 64.1 Å². The van der Waals surface area contributed by atoms with Gasteiger partial charge in [-0.1, -0.05) is 54.6 Å². The highest BCUT2D eigenvalue weighted by atomic mass is 35.5. The molecule has 1 amide bonds. The maximum Gasteiger partial charge on any atom is 0.410 e. The van der Waals surface area contributed by atoms with Crippen LogP contribution >= 0.6 is 11.6 Å². The van der Waals surface area contributed by atoms with Crippen molar-refractivity contribution in [1.29, 1.82) is 5.26 Å². The van der Waals surface area contributed by atoms with Crippen molar-refractivity contribution in [1.82, 2.24) is 14.9 Å².